The summed E-state index contributed by atoms with van der Waals surface area (Å²) in [5.41, 5.74) is 0.638. The molecule has 0 radical (unpaired) electrons. The predicted molar refractivity (Wildman–Crippen MR) is 112 cm³/mol. The van der Waals surface area contributed by atoms with Crippen LogP contribution in [0.5, 0.6) is 17.2 Å². The molecule has 2 aromatic rings. The van der Waals surface area contributed by atoms with Crippen molar-refractivity contribution >= 4 is 23.8 Å². The fourth-order valence-corrected chi connectivity index (χ4v) is 2.68. The Kier molecular flexibility index (Phi) is 7.85. The first kappa shape index (κ1) is 22.8. The van der Waals surface area contributed by atoms with Crippen molar-refractivity contribution in [3.05, 3.63) is 36.0 Å². The van der Waals surface area contributed by atoms with E-state index in [4.69, 9.17) is 18.9 Å². The molecule has 1 N–H and O–H groups in total. The third-order valence-corrected chi connectivity index (χ3v) is 4.17. The summed E-state index contributed by atoms with van der Waals surface area (Å²) in [7, 11) is 4.52. The summed E-state index contributed by atoms with van der Waals surface area (Å²) in [6.45, 7) is 5.39. The minimum atomic E-state index is -0.988. The first-order valence-corrected chi connectivity index (χ1v) is 9.33. The Bertz CT molecular complexity index is 894. The van der Waals surface area contributed by atoms with E-state index < -0.39 is 18.0 Å². The number of benzene rings is 1. The molecule has 1 amide bonds. The van der Waals surface area contributed by atoms with E-state index in [9.17, 15) is 9.59 Å². The van der Waals surface area contributed by atoms with Gasteiger partial charge in [-0.2, -0.15) is 5.10 Å². The number of esters is 1. The molecule has 0 saturated carbocycles. The lowest BCUT2D eigenvalue weighted by atomic mass is 10.1. The van der Waals surface area contributed by atoms with Crippen molar-refractivity contribution in [2.24, 2.45) is 0 Å². The summed E-state index contributed by atoms with van der Waals surface area (Å²) in [5, 5.41) is 6.85. The van der Waals surface area contributed by atoms with Gasteiger partial charge in [0.1, 0.15) is 5.82 Å². The largest absolute Gasteiger partial charge is 0.493 e. The van der Waals surface area contributed by atoms with E-state index in [0.29, 0.717) is 28.6 Å². The number of methoxy groups -OCH3 is 3. The number of rotatable bonds is 9. The van der Waals surface area contributed by atoms with Crippen molar-refractivity contribution in [3.63, 3.8) is 0 Å². The van der Waals surface area contributed by atoms with Crippen LogP contribution in [0, 0.1) is 0 Å². The van der Waals surface area contributed by atoms with Crippen LogP contribution in [0.4, 0.5) is 5.82 Å². The first-order chi connectivity index (χ1) is 14.3. The van der Waals surface area contributed by atoms with Gasteiger partial charge in [0.2, 0.25) is 5.75 Å². The number of anilines is 1. The van der Waals surface area contributed by atoms with Crippen LogP contribution in [-0.4, -0.2) is 49.1 Å². The maximum Gasteiger partial charge on any atom is 0.331 e. The highest BCUT2D eigenvalue weighted by Crippen LogP contribution is 2.38. The third kappa shape index (κ3) is 5.53. The van der Waals surface area contributed by atoms with Gasteiger partial charge in [-0.05, 0) is 44.5 Å². The number of hydrogen-bond acceptors (Lipinski definition) is 7. The molecule has 0 unspecified atom stereocenters. The fraction of sp³-hybridized carbons (Fsp3) is 0.381. The minimum Gasteiger partial charge on any atom is -0.493 e. The van der Waals surface area contributed by atoms with Crippen molar-refractivity contribution in [2.45, 2.75) is 32.9 Å². The summed E-state index contributed by atoms with van der Waals surface area (Å²) in [6.07, 6.45) is 3.36. The third-order valence-electron chi connectivity index (χ3n) is 4.17. The zero-order valence-corrected chi connectivity index (χ0v) is 18.0. The number of amides is 1. The molecule has 9 nitrogen and oxygen atoms in total. The summed E-state index contributed by atoms with van der Waals surface area (Å²) < 4.78 is 22.7. The second-order valence-corrected chi connectivity index (χ2v) is 6.62. The smallest absolute Gasteiger partial charge is 0.331 e. The second kappa shape index (κ2) is 10.3. The van der Waals surface area contributed by atoms with Gasteiger partial charge in [-0.1, -0.05) is 0 Å². The number of carbonyl (C=O) groups excluding carboxylic acids is 2. The normalized spacial score (nSPS) is 12.0. The predicted octanol–water partition coefficient (Wildman–Crippen LogP) is 3.07. The summed E-state index contributed by atoms with van der Waals surface area (Å²) >= 11 is 0. The van der Waals surface area contributed by atoms with E-state index >= 15 is 0 Å². The molecular weight excluding hydrogens is 390 g/mol. The number of ether oxygens (including phenoxy) is 4. The molecule has 1 atom stereocenters. The molecular formula is C21H27N3O6. The van der Waals surface area contributed by atoms with Gasteiger partial charge in [0.25, 0.3) is 5.91 Å². The van der Waals surface area contributed by atoms with Crippen LogP contribution >= 0.6 is 0 Å². The van der Waals surface area contributed by atoms with Gasteiger partial charge in [-0.15, -0.1) is 0 Å². The molecule has 0 saturated heterocycles. The average molecular weight is 417 g/mol. The van der Waals surface area contributed by atoms with Crippen molar-refractivity contribution in [2.75, 3.05) is 26.6 Å². The number of aromatic nitrogens is 2. The Morgan fingerprint density at radius 1 is 1.07 bits per heavy atom. The molecule has 0 aliphatic carbocycles. The molecule has 2 rings (SSSR count). The van der Waals surface area contributed by atoms with Crippen LogP contribution in [0.3, 0.4) is 0 Å². The quantitative estimate of drug-likeness (QED) is 0.494. The summed E-state index contributed by atoms with van der Waals surface area (Å²) in [4.78, 5) is 24.5. The molecule has 0 aliphatic rings. The van der Waals surface area contributed by atoms with E-state index in [1.54, 1.807) is 29.1 Å². The fourth-order valence-electron chi connectivity index (χ4n) is 2.68. The number of nitrogens with zero attached hydrogens (tertiary/aromatic N) is 2. The van der Waals surface area contributed by atoms with Crippen LogP contribution in [0.25, 0.3) is 6.08 Å². The molecule has 0 spiro atoms. The maximum atomic E-state index is 12.3. The van der Waals surface area contributed by atoms with Crippen LogP contribution in [0.15, 0.2) is 30.5 Å². The van der Waals surface area contributed by atoms with Crippen molar-refractivity contribution in [1.82, 2.24) is 9.78 Å². The standard InChI is InChI=1S/C21H27N3O6/c1-13(2)24-18(9-10-22-24)23-21(26)14(3)30-19(25)8-7-15-11-16(27-4)20(29-6)17(12-15)28-5/h7-14H,1-6H3,(H,23,26)/b8-7+/t14-/m1/s1. The van der Waals surface area contributed by atoms with E-state index in [-0.39, 0.29) is 6.04 Å². The molecule has 0 fully saturated rings. The molecule has 1 aromatic carbocycles. The van der Waals surface area contributed by atoms with Gasteiger partial charge < -0.3 is 24.3 Å². The summed E-state index contributed by atoms with van der Waals surface area (Å²) in [6, 6.07) is 5.13. The monoisotopic (exact) mass is 417 g/mol. The maximum absolute atomic E-state index is 12.3. The Hall–Kier alpha value is -3.49. The molecule has 0 aliphatic heterocycles. The highest BCUT2D eigenvalue weighted by atomic mass is 16.5. The zero-order chi connectivity index (χ0) is 22.3. The topological polar surface area (TPSA) is 101 Å². The molecule has 0 bridgehead atoms. The number of carbonyl (C=O) groups is 2. The second-order valence-electron chi connectivity index (χ2n) is 6.62. The highest BCUT2D eigenvalue weighted by Gasteiger charge is 2.19. The molecule has 30 heavy (non-hydrogen) atoms. The van der Waals surface area contributed by atoms with Crippen molar-refractivity contribution < 1.29 is 28.5 Å². The van der Waals surface area contributed by atoms with Gasteiger partial charge in [0.05, 0.1) is 27.5 Å². The van der Waals surface area contributed by atoms with E-state index in [1.165, 1.54) is 40.4 Å². The van der Waals surface area contributed by atoms with Crippen LogP contribution < -0.4 is 19.5 Å². The Morgan fingerprint density at radius 3 is 2.23 bits per heavy atom. The first-order valence-electron chi connectivity index (χ1n) is 9.33. The number of hydrogen-bond donors (Lipinski definition) is 1. The lowest BCUT2D eigenvalue weighted by Crippen LogP contribution is -2.30. The van der Waals surface area contributed by atoms with E-state index in [1.807, 2.05) is 13.8 Å². The Morgan fingerprint density at radius 2 is 1.70 bits per heavy atom. The van der Waals surface area contributed by atoms with Gasteiger partial charge in [0.15, 0.2) is 17.6 Å². The van der Waals surface area contributed by atoms with E-state index in [2.05, 4.69) is 10.4 Å². The number of nitrogens with one attached hydrogen (secondary N) is 1. The Balaban J connectivity index is 2.03. The van der Waals surface area contributed by atoms with Crippen LogP contribution in [0.1, 0.15) is 32.4 Å². The van der Waals surface area contributed by atoms with Gasteiger partial charge in [0, 0.05) is 18.2 Å². The van der Waals surface area contributed by atoms with Crippen molar-refractivity contribution in [1.29, 1.82) is 0 Å². The SMILES string of the molecule is COc1cc(/C=C/C(=O)O[C@H](C)C(=O)Nc2ccnn2C(C)C)cc(OC)c1OC. The van der Waals surface area contributed by atoms with Gasteiger partial charge >= 0.3 is 5.97 Å². The molecule has 162 valence electrons. The Labute approximate surface area is 175 Å². The molecule has 9 heteroatoms. The highest BCUT2D eigenvalue weighted by molar-refractivity contribution is 5.96. The van der Waals surface area contributed by atoms with Crippen LogP contribution in [-0.2, 0) is 14.3 Å². The zero-order valence-electron chi connectivity index (χ0n) is 18.0. The lowest BCUT2D eigenvalue weighted by molar-refractivity contribution is -0.148. The van der Waals surface area contributed by atoms with E-state index in [0.717, 1.165) is 0 Å². The minimum absolute atomic E-state index is 0.0783. The van der Waals surface area contributed by atoms with Crippen LogP contribution in [0.2, 0.25) is 0 Å². The van der Waals surface area contributed by atoms with Gasteiger partial charge in [-0.25, -0.2) is 9.48 Å². The average Bonchev–Trinajstić information content (AvgIpc) is 3.19. The molecule has 1 heterocycles. The van der Waals surface area contributed by atoms with Crippen molar-refractivity contribution in [3.8, 4) is 17.2 Å². The van der Waals surface area contributed by atoms with Gasteiger partial charge in [-0.3, -0.25) is 4.79 Å². The lowest BCUT2D eigenvalue weighted by Gasteiger charge is -2.15. The molecule has 1 aromatic heterocycles. The summed E-state index contributed by atoms with van der Waals surface area (Å²) in [5.74, 6) is 0.783.